The van der Waals surface area contributed by atoms with Crippen molar-refractivity contribution in [1.82, 2.24) is 5.32 Å². The van der Waals surface area contributed by atoms with Crippen LogP contribution in [0.5, 0.6) is 17.2 Å². The van der Waals surface area contributed by atoms with Gasteiger partial charge in [0.2, 0.25) is 5.91 Å². The summed E-state index contributed by atoms with van der Waals surface area (Å²) in [7, 11) is 1.54. The quantitative estimate of drug-likeness (QED) is 0.884. The molecule has 0 spiro atoms. The average molecular weight is 330 g/mol. The lowest BCUT2D eigenvalue weighted by molar-refractivity contribution is -0.119. The van der Waals surface area contributed by atoms with Gasteiger partial charge in [-0.25, -0.2) is 4.39 Å². The van der Waals surface area contributed by atoms with E-state index < -0.39 is 0 Å². The predicted octanol–water partition coefficient (Wildman–Crippen LogP) is 3.17. The van der Waals surface area contributed by atoms with E-state index in [0.717, 1.165) is 13.0 Å². The molecule has 0 saturated carbocycles. The fourth-order valence-electron chi connectivity index (χ4n) is 2.63. The summed E-state index contributed by atoms with van der Waals surface area (Å²) in [4.78, 5) is 12.3. The minimum absolute atomic E-state index is 0.0532. The fourth-order valence-corrected chi connectivity index (χ4v) is 2.63. The highest BCUT2D eigenvalue weighted by molar-refractivity contribution is 5.94. The Kier molecular flexibility index (Phi) is 4.96. The van der Waals surface area contributed by atoms with Crippen LogP contribution in [0.3, 0.4) is 0 Å². The van der Waals surface area contributed by atoms with Gasteiger partial charge in [0.25, 0.3) is 0 Å². The van der Waals surface area contributed by atoms with E-state index in [9.17, 15) is 9.18 Å². The third kappa shape index (κ3) is 3.83. The first kappa shape index (κ1) is 16.3. The molecule has 1 fully saturated rings. The Balaban J connectivity index is 1.78. The molecule has 1 atom stereocenters. The van der Waals surface area contributed by atoms with Crippen molar-refractivity contribution in [3.8, 4) is 17.2 Å². The maximum Gasteiger partial charge on any atom is 0.228 e. The lowest BCUT2D eigenvalue weighted by atomic mass is 10.1. The van der Waals surface area contributed by atoms with Gasteiger partial charge in [-0.2, -0.15) is 0 Å². The Morgan fingerprint density at radius 1 is 1.25 bits per heavy atom. The number of hydrogen-bond acceptors (Lipinski definition) is 4. The van der Waals surface area contributed by atoms with Gasteiger partial charge in [-0.15, -0.1) is 0 Å². The molecule has 0 bridgehead atoms. The van der Waals surface area contributed by atoms with Crippen molar-refractivity contribution in [3.63, 3.8) is 0 Å². The van der Waals surface area contributed by atoms with Crippen LogP contribution in [-0.2, 0) is 4.79 Å². The van der Waals surface area contributed by atoms with E-state index >= 15 is 0 Å². The van der Waals surface area contributed by atoms with E-state index in [1.807, 2.05) is 0 Å². The predicted molar refractivity (Wildman–Crippen MR) is 89.1 cm³/mol. The Bertz CT molecular complexity index is 730. The molecule has 1 unspecified atom stereocenters. The molecule has 0 aliphatic carbocycles. The smallest absolute Gasteiger partial charge is 0.228 e. The van der Waals surface area contributed by atoms with Crippen LogP contribution in [0.1, 0.15) is 6.42 Å². The largest absolute Gasteiger partial charge is 0.495 e. The molecule has 5 nitrogen and oxygen atoms in total. The van der Waals surface area contributed by atoms with Crippen LogP contribution >= 0.6 is 0 Å². The summed E-state index contributed by atoms with van der Waals surface area (Å²) in [5.41, 5.74) is 0.531. The van der Waals surface area contributed by atoms with Gasteiger partial charge in [0, 0.05) is 18.7 Å². The molecule has 1 saturated heterocycles. The summed E-state index contributed by atoms with van der Waals surface area (Å²) in [6.07, 6.45) is 0.813. The van der Waals surface area contributed by atoms with Crippen LogP contribution in [0.25, 0.3) is 0 Å². The molecule has 2 N–H and O–H groups in total. The maximum absolute atomic E-state index is 13.2. The van der Waals surface area contributed by atoms with Gasteiger partial charge in [-0.05, 0) is 37.2 Å². The average Bonchev–Trinajstić information content (AvgIpc) is 3.10. The number of carbonyl (C=O) groups excluding carboxylic acids is 1. The Morgan fingerprint density at radius 2 is 2.08 bits per heavy atom. The van der Waals surface area contributed by atoms with Crippen molar-refractivity contribution in [2.75, 3.05) is 25.5 Å². The molecule has 2 aromatic carbocycles. The van der Waals surface area contributed by atoms with Gasteiger partial charge in [-0.1, -0.05) is 6.07 Å². The van der Waals surface area contributed by atoms with Gasteiger partial charge in [0.15, 0.2) is 0 Å². The zero-order valence-electron chi connectivity index (χ0n) is 13.3. The minimum atomic E-state index is -0.372. The first-order valence-electron chi connectivity index (χ1n) is 7.79. The summed E-state index contributed by atoms with van der Waals surface area (Å²) >= 11 is 0. The Morgan fingerprint density at radius 3 is 2.79 bits per heavy atom. The first-order valence-corrected chi connectivity index (χ1v) is 7.79. The van der Waals surface area contributed by atoms with Crippen LogP contribution < -0.4 is 20.1 Å². The van der Waals surface area contributed by atoms with E-state index in [1.165, 1.54) is 19.2 Å². The number of methoxy groups -OCH3 is 1. The first-order chi connectivity index (χ1) is 11.7. The van der Waals surface area contributed by atoms with Crippen LogP contribution in [-0.4, -0.2) is 26.1 Å². The molecule has 0 aromatic heterocycles. The van der Waals surface area contributed by atoms with Gasteiger partial charge in [0.1, 0.15) is 23.1 Å². The molecular formula is C18H19FN2O3. The van der Waals surface area contributed by atoms with Crippen LogP contribution in [0, 0.1) is 11.7 Å². The van der Waals surface area contributed by atoms with Crippen molar-refractivity contribution in [1.29, 1.82) is 0 Å². The number of ether oxygens (including phenoxy) is 2. The van der Waals surface area contributed by atoms with Crippen molar-refractivity contribution >= 4 is 11.6 Å². The molecule has 24 heavy (non-hydrogen) atoms. The Labute approximate surface area is 139 Å². The zero-order chi connectivity index (χ0) is 16.9. The van der Waals surface area contributed by atoms with E-state index in [1.54, 1.807) is 30.3 Å². The number of anilines is 1. The number of hydrogen-bond donors (Lipinski definition) is 2. The second kappa shape index (κ2) is 7.31. The third-order valence-corrected chi connectivity index (χ3v) is 3.89. The number of carbonyl (C=O) groups is 1. The van der Waals surface area contributed by atoms with E-state index in [-0.39, 0.29) is 17.6 Å². The molecule has 1 heterocycles. The summed E-state index contributed by atoms with van der Waals surface area (Å²) in [5.74, 6) is 0.937. The van der Waals surface area contributed by atoms with Gasteiger partial charge in [-0.3, -0.25) is 4.79 Å². The van der Waals surface area contributed by atoms with Crippen LogP contribution in [0.4, 0.5) is 10.1 Å². The lowest BCUT2D eigenvalue weighted by Crippen LogP contribution is -2.24. The Hall–Kier alpha value is -2.60. The molecule has 3 rings (SSSR count). The molecule has 126 valence electrons. The standard InChI is InChI=1S/C18H19FN2O3/c1-23-17-6-5-15(24-14-4-2-3-13(19)9-14)10-16(17)21-18(22)12-7-8-20-11-12/h2-6,9-10,12,20H,7-8,11H2,1H3,(H,21,22). The number of halogens is 1. The number of benzene rings is 2. The highest BCUT2D eigenvalue weighted by atomic mass is 19.1. The molecule has 1 aliphatic rings. The normalized spacial score (nSPS) is 16.7. The zero-order valence-corrected chi connectivity index (χ0v) is 13.3. The molecular weight excluding hydrogens is 311 g/mol. The second-order valence-electron chi connectivity index (χ2n) is 5.60. The number of rotatable bonds is 5. The molecule has 0 radical (unpaired) electrons. The molecule has 6 heteroatoms. The van der Waals surface area contributed by atoms with Crippen molar-refractivity contribution in [2.24, 2.45) is 5.92 Å². The van der Waals surface area contributed by atoms with Crippen LogP contribution in [0.15, 0.2) is 42.5 Å². The topological polar surface area (TPSA) is 59.6 Å². The van der Waals surface area contributed by atoms with E-state index in [0.29, 0.717) is 29.5 Å². The summed E-state index contributed by atoms with van der Waals surface area (Å²) < 4.78 is 24.2. The van der Waals surface area contributed by atoms with Crippen LogP contribution in [0.2, 0.25) is 0 Å². The van der Waals surface area contributed by atoms with Crippen molar-refractivity contribution in [2.45, 2.75) is 6.42 Å². The van der Waals surface area contributed by atoms with Gasteiger partial charge in [0.05, 0.1) is 18.7 Å². The second-order valence-corrected chi connectivity index (χ2v) is 5.60. The highest BCUT2D eigenvalue weighted by Gasteiger charge is 2.23. The van der Waals surface area contributed by atoms with Crippen molar-refractivity contribution in [3.05, 3.63) is 48.3 Å². The molecule has 1 aliphatic heterocycles. The van der Waals surface area contributed by atoms with Gasteiger partial charge >= 0.3 is 0 Å². The maximum atomic E-state index is 13.2. The summed E-state index contributed by atoms with van der Waals surface area (Å²) in [5, 5.41) is 6.05. The lowest BCUT2D eigenvalue weighted by Gasteiger charge is -2.15. The molecule has 1 amide bonds. The fraction of sp³-hybridized carbons (Fsp3) is 0.278. The number of amides is 1. The SMILES string of the molecule is COc1ccc(Oc2cccc(F)c2)cc1NC(=O)C1CCNC1. The molecule has 2 aromatic rings. The summed E-state index contributed by atoms with van der Waals surface area (Å²) in [6.45, 7) is 1.52. The van der Waals surface area contributed by atoms with E-state index in [4.69, 9.17) is 9.47 Å². The van der Waals surface area contributed by atoms with Gasteiger partial charge < -0.3 is 20.1 Å². The minimum Gasteiger partial charge on any atom is -0.495 e. The summed E-state index contributed by atoms with van der Waals surface area (Å²) in [6, 6.07) is 11.0. The monoisotopic (exact) mass is 330 g/mol. The number of nitrogens with one attached hydrogen (secondary N) is 2. The van der Waals surface area contributed by atoms with E-state index in [2.05, 4.69) is 10.6 Å². The highest BCUT2D eigenvalue weighted by Crippen LogP contribution is 2.32. The third-order valence-electron chi connectivity index (χ3n) is 3.89. The van der Waals surface area contributed by atoms with Crippen molar-refractivity contribution < 1.29 is 18.7 Å².